The summed E-state index contributed by atoms with van der Waals surface area (Å²) in [6.45, 7) is 1.38. The third-order valence-electron chi connectivity index (χ3n) is 2.55. The molecule has 0 bridgehead atoms. The fourth-order valence-corrected chi connectivity index (χ4v) is 1.70. The topological polar surface area (TPSA) is 66.0 Å². The first-order chi connectivity index (χ1) is 7.74. The number of nitrogens with zero attached hydrogens (tertiary/aromatic N) is 1. The highest BCUT2D eigenvalue weighted by atomic mass is 16.3. The lowest BCUT2D eigenvalue weighted by Crippen LogP contribution is -2.06. The van der Waals surface area contributed by atoms with Gasteiger partial charge in [-0.05, 0) is 30.2 Å². The van der Waals surface area contributed by atoms with Gasteiger partial charge in [-0.15, -0.1) is 0 Å². The number of H-pyrrole nitrogens is 1. The van der Waals surface area contributed by atoms with Gasteiger partial charge in [0.2, 0.25) is 5.78 Å². The van der Waals surface area contributed by atoms with E-state index in [0.717, 1.165) is 16.7 Å². The largest absolute Gasteiger partial charge is 0.388 e. The van der Waals surface area contributed by atoms with Crippen LogP contribution < -0.4 is 0 Å². The van der Waals surface area contributed by atoms with Crippen molar-refractivity contribution in [2.75, 3.05) is 6.61 Å². The van der Waals surface area contributed by atoms with E-state index in [4.69, 9.17) is 5.11 Å². The highest BCUT2D eigenvalue weighted by Gasteiger charge is 2.13. The molecular weight excluding hydrogens is 204 g/mol. The summed E-state index contributed by atoms with van der Waals surface area (Å²) >= 11 is 0. The van der Waals surface area contributed by atoms with Gasteiger partial charge in [0.1, 0.15) is 6.61 Å². The van der Waals surface area contributed by atoms with E-state index in [1.807, 2.05) is 19.1 Å². The summed E-state index contributed by atoms with van der Waals surface area (Å²) in [5.74, 6) is -0.294. The van der Waals surface area contributed by atoms with Gasteiger partial charge in [0, 0.05) is 24.2 Å². The minimum absolute atomic E-state index is 0.294. The number of Topliss-reactive ketones (excluding diaryl/α,β-unsaturated/α-hetero) is 1. The summed E-state index contributed by atoms with van der Waals surface area (Å²) in [5.41, 5.74) is 3.28. The second kappa shape index (κ2) is 4.28. The van der Waals surface area contributed by atoms with Crippen LogP contribution in [-0.4, -0.2) is 27.5 Å². The molecule has 0 aliphatic heterocycles. The number of carbonyl (C=O) groups is 1. The Hall–Kier alpha value is -1.94. The van der Waals surface area contributed by atoms with E-state index in [2.05, 4.69) is 9.97 Å². The van der Waals surface area contributed by atoms with Crippen molar-refractivity contribution >= 4 is 5.78 Å². The number of aromatic nitrogens is 2. The van der Waals surface area contributed by atoms with Crippen molar-refractivity contribution in [3.05, 3.63) is 42.0 Å². The van der Waals surface area contributed by atoms with Gasteiger partial charge in [-0.25, -0.2) is 0 Å². The molecule has 0 saturated carbocycles. The molecule has 2 rings (SSSR count). The average molecular weight is 216 g/mol. The number of aliphatic hydroxyl groups is 1. The first-order valence-corrected chi connectivity index (χ1v) is 4.96. The molecule has 0 radical (unpaired) electrons. The molecule has 0 aliphatic rings. The van der Waals surface area contributed by atoms with E-state index in [1.165, 1.54) is 0 Å². The van der Waals surface area contributed by atoms with Gasteiger partial charge in [0.25, 0.3) is 0 Å². The van der Waals surface area contributed by atoms with Crippen LogP contribution in [0.25, 0.3) is 11.1 Å². The number of carbonyl (C=O) groups excluding carboxylic acids is 1. The smallest absolute Gasteiger partial charge is 0.204 e. The molecule has 4 nitrogen and oxygen atoms in total. The second-order valence-corrected chi connectivity index (χ2v) is 3.52. The monoisotopic (exact) mass is 216 g/mol. The highest BCUT2D eigenvalue weighted by molar-refractivity contribution is 5.98. The van der Waals surface area contributed by atoms with Crippen LogP contribution in [0.15, 0.2) is 30.7 Å². The van der Waals surface area contributed by atoms with Crippen LogP contribution in [-0.2, 0) is 0 Å². The van der Waals surface area contributed by atoms with Crippen molar-refractivity contribution in [2.24, 2.45) is 0 Å². The molecule has 4 heteroatoms. The van der Waals surface area contributed by atoms with Crippen LogP contribution >= 0.6 is 0 Å². The number of aliphatic hydroxyl groups excluding tert-OH is 1. The predicted octanol–water partition coefficient (Wildman–Crippen LogP) is 1.56. The Bertz CT molecular complexity index is 503. The number of ketones is 1. The lowest BCUT2D eigenvalue weighted by molar-refractivity contribution is 0.0898. The molecule has 0 fully saturated rings. The zero-order chi connectivity index (χ0) is 11.5. The maximum Gasteiger partial charge on any atom is 0.204 e. The maximum atomic E-state index is 11.4. The lowest BCUT2D eigenvalue weighted by Gasteiger charge is -2.00. The van der Waals surface area contributed by atoms with Gasteiger partial charge < -0.3 is 10.1 Å². The molecule has 0 atom stereocenters. The Kier molecular flexibility index (Phi) is 2.83. The maximum absolute atomic E-state index is 11.4. The van der Waals surface area contributed by atoms with Crippen molar-refractivity contribution < 1.29 is 9.90 Å². The summed E-state index contributed by atoms with van der Waals surface area (Å²) in [4.78, 5) is 18.2. The number of nitrogens with one attached hydrogen (secondary N) is 1. The molecule has 0 amide bonds. The molecule has 0 aromatic carbocycles. The third kappa shape index (κ3) is 1.75. The number of pyridine rings is 1. The fourth-order valence-electron chi connectivity index (χ4n) is 1.70. The van der Waals surface area contributed by atoms with E-state index >= 15 is 0 Å². The van der Waals surface area contributed by atoms with Gasteiger partial charge in [-0.1, -0.05) is 0 Å². The highest BCUT2D eigenvalue weighted by Crippen LogP contribution is 2.24. The van der Waals surface area contributed by atoms with Crippen molar-refractivity contribution in [3.8, 4) is 11.1 Å². The van der Waals surface area contributed by atoms with E-state index in [1.54, 1.807) is 18.6 Å². The SMILES string of the molecule is Cc1c(-c2ccncc2)c[nH]c1C(=O)CO. The van der Waals surface area contributed by atoms with Crippen LogP contribution in [0.2, 0.25) is 0 Å². The van der Waals surface area contributed by atoms with Crippen LogP contribution in [0.3, 0.4) is 0 Å². The van der Waals surface area contributed by atoms with Crippen molar-refractivity contribution in [3.63, 3.8) is 0 Å². The minimum atomic E-state index is -0.475. The molecule has 2 aromatic rings. The van der Waals surface area contributed by atoms with Crippen LogP contribution in [0.5, 0.6) is 0 Å². The van der Waals surface area contributed by atoms with E-state index in [0.29, 0.717) is 5.69 Å². The standard InChI is InChI=1S/C12H12N2O2/c1-8-10(9-2-4-13-5-3-9)6-14-12(8)11(16)7-15/h2-6,14-15H,7H2,1H3. The molecule has 2 N–H and O–H groups in total. The fraction of sp³-hybridized carbons (Fsp3) is 0.167. The molecule has 82 valence electrons. The van der Waals surface area contributed by atoms with Gasteiger partial charge in [-0.2, -0.15) is 0 Å². The van der Waals surface area contributed by atoms with Gasteiger partial charge >= 0.3 is 0 Å². The number of hydrogen-bond donors (Lipinski definition) is 2. The van der Waals surface area contributed by atoms with E-state index in [9.17, 15) is 4.79 Å². The van der Waals surface area contributed by atoms with Crippen molar-refractivity contribution in [1.82, 2.24) is 9.97 Å². The van der Waals surface area contributed by atoms with Crippen LogP contribution in [0.1, 0.15) is 16.1 Å². The molecule has 0 spiro atoms. The van der Waals surface area contributed by atoms with E-state index in [-0.39, 0.29) is 5.78 Å². The Morgan fingerprint density at radius 1 is 1.44 bits per heavy atom. The Morgan fingerprint density at radius 2 is 2.12 bits per heavy atom. The van der Waals surface area contributed by atoms with Crippen LogP contribution in [0.4, 0.5) is 0 Å². The second-order valence-electron chi connectivity index (χ2n) is 3.52. The first-order valence-electron chi connectivity index (χ1n) is 4.96. The normalized spacial score (nSPS) is 10.4. The predicted molar refractivity (Wildman–Crippen MR) is 60.2 cm³/mol. The summed E-state index contributed by atoms with van der Waals surface area (Å²) in [7, 11) is 0. The van der Waals surface area contributed by atoms with Crippen molar-refractivity contribution in [1.29, 1.82) is 0 Å². The molecule has 0 saturated heterocycles. The lowest BCUT2D eigenvalue weighted by atomic mass is 10.0. The zero-order valence-electron chi connectivity index (χ0n) is 8.90. The molecule has 2 aromatic heterocycles. The molecule has 2 heterocycles. The number of rotatable bonds is 3. The number of aromatic amines is 1. The third-order valence-corrected chi connectivity index (χ3v) is 2.55. The van der Waals surface area contributed by atoms with Crippen LogP contribution in [0, 0.1) is 6.92 Å². The molecular formula is C12H12N2O2. The summed E-state index contributed by atoms with van der Waals surface area (Å²) < 4.78 is 0. The zero-order valence-corrected chi connectivity index (χ0v) is 8.90. The summed E-state index contributed by atoms with van der Waals surface area (Å²) in [5, 5.41) is 8.81. The summed E-state index contributed by atoms with van der Waals surface area (Å²) in [6.07, 6.45) is 5.18. The molecule has 16 heavy (non-hydrogen) atoms. The van der Waals surface area contributed by atoms with Gasteiger partial charge in [0.05, 0.1) is 5.69 Å². The van der Waals surface area contributed by atoms with Crippen molar-refractivity contribution in [2.45, 2.75) is 6.92 Å². The Labute approximate surface area is 93.0 Å². The molecule has 0 aliphatic carbocycles. The Balaban J connectivity index is 2.45. The summed E-state index contributed by atoms with van der Waals surface area (Å²) in [6, 6.07) is 3.76. The minimum Gasteiger partial charge on any atom is -0.388 e. The van der Waals surface area contributed by atoms with E-state index < -0.39 is 6.61 Å². The average Bonchev–Trinajstić information content (AvgIpc) is 2.71. The van der Waals surface area contributed by atoms with Gasteiger partial charge in [-0.3, -0.25) is 9.78 Å². The van der Waals surface area contributed by atoms with Gasteiger partial charge in [0.15, 0.2) is 0 Å². The quantitative estimate of drug-likeness (QED) is 0.765. The number of hydrogen-bond acceptors (Lipinski definition) is 3. The Morgan fingerprint density at radius 3 is 2.75 bits per heavy atom. The first kappa shape index (κ1) is 10.6. The molecule has 0 unspecified atom stereocenters.